The zero-order valence-electron chi connectivity index (χ0n) is 15.3. The molecular weight excluding hydrogens is 417 g/mol. The standard InChI is InChI=1S/C18H31N3O2.HI/c1-5-19-18(20-13-15(2)3)21-14-16-8-6-9-17(12-16)23-11-7-10-22-4;/h6,8-9,12,15H,5,7,10-11,13-14H2,1-4H3,(H2,19,20,21);1H. The van der Waals surface area contributed by atoms with Crippen LogP contribution >= 0.6 is 24.0 Å². The summed E-state index contributed by atoms with van der Waals surface area (Å²) in [5, 5.41) is 6.61. The number of halogens is 1. The van der Waals surface area contributed by atoms with Gasteiger partial charge in [0.1, 0.15) is 5.75 Å². The highest BCUT2D eigenvalue weighted by Crippen LogP contribution is 2.14. The molecule has 0 amide bonds. The fraction of sp³-hybridized carbons (Fsp3) is 0.611. The number of hydrogen-bond donors (Lipinski definition) is 2. The van der Waals surface area contributed by atoms with Gasteiger partial charge >= 0.3 is 0 Å². The summed E-state index contributed by atoms with van der Waals surface area (Å²) in [4.78, 5) is 4.63. The summed E-state index contributed by atoms with van der Waals surface area (Å²) in [6.07, 6.45) is 0.891. The van der Waals surface area contributed by atoms with Gasteiger partial charge in [0.05, 0.1) is 13.2 Å². The van der Waals surface area contributed by atoms with Gasteiger partial charge in [-0.25, -0.2) is 4.99 Å². The molecule has 0 aliphatic rings. The van der Waals surface area contributed by atoms with Crippen LogP contribution < -0.4 is 15.4 Å². The monoisotopic (exact) mass is 449 g/mol. The molecule has 0 spiro atoms. The summed E-state index contributed by atoms with van der Waals surface area (Å²) in [5.41, 5.74) is 1.14. The molecule has 1 rings (SSSR count). The third-order valence-electron chi connectivity index (χ3n) is 3.10. The lowest BCUT2D eigenvalue weighted by atomic mass is 10.2. The average molecular weight is 449 g/mol. The molecule has 0 unspecified atom stereocenters. The molecule has 2 N–H and O–H groups in total. The predicted octanol–water partition coefficient (Wildman–Crippen LogP) is 3.43. The van der Waals surface area contributed by atoms with Crippen molar-refractivity contribution in [3.8, 4) is 5.75 Å². The van der Waals surface area contributed by atoms with Crippen LogP contribution in [-0.4, -0.2) is 39.4 Å². The number of methoxy groups -OCH3 is 1. The van der Waals surface area contributed by atoms with Crippen molar-refractivity contribution in [3.63, 3.8) is 0 Å². The van der Waals surface area contributed by atoms with E-state index in [-0.39, 0.29) is 24.0 Å². The Morgan fingerprint density at radius 1 is 1.21 bits per heavy atom. The second-order valence-electron chi connectivity index (χ2n) is 5.81. The van der Waals surface area contributed by atoms with Crippen molar-refractivity contribution in [2.45, 2.75) is 33.7 Å². The molecule has 0 bridgehead atoms. The molecule has 1 aromatic carbocycles. The van der Waals surface area contributed by atoms with Crippen LogP contribution in [0.15, 0.2) is 29.3 Å². The van der Waals surface area contributed by atoms with Gasteiger partial charge in [-0.1, -0.05) is 26.0 Å². The van der Waals surface area contributed by atoms with Crippen molar-refractivity contribution in [1.29, 1.82) is 0 Å². The van der Waals surface area contributed by atoms with Crippen LogP contribution in [0.3, 0.4) is 0 Å². The lowest BCUT2D eigenvalue weighted by Crippen LogP contribution is -2.39. The van der Waals surface area contributed by atoms with Crippen LogP contribution in [0, 0.1) is 5.92 Å². The highest BCUT2D eigenvalue weighted by molar-refractivity contribution is 14.0. The molecule has 0 atom stereocenters. The lowest BCUT2D eigenvalue weighted by molar-refractivity contribution is 0.172. The van der Waals surface area contributed by atoms with E-state index in [2.05, 4.69) is 42.5 Å². The Bertz CT molecular complexity index is 467. The van der Waals surface area contributed by atoms with Crippen LogP contribution in [0.2, 0.25) is 0 Å². The second kappa shape index (κ2) is 14.3. The Labute approximate surface area is 163 Å². The van der Waals surface area contributed by atoms with Gasteiger partial charge in [-0.15, -0.1) is 24.0 Å². The molecule has 0 aromatic heterocycles. The van der Waals surface area contributed by atoms with Crippen molar-refractivity contribution >= 4 is 29.9 Å². The minimum atomic E-state index is 0. The average Bonchev–Trinajstić information content (AvgIpc) is 2.54. The van der Waals surface area contributed by atoms with Gasteiger partial charge in [-0.2, -0.15) is 0 Å². The first-order valence-corrected chi connectivity index (χ1v) is 8.38. The smallest absolute Gasteiger partial charge is 0.191 e. The Kier molecular flexibility index (Phi) is 13.7. The molecule has 0 radical (unpaired) electrons. The van der Waals surface area contributed by atoms with Gasteiger partial charge in [0, 0.05) is 33.2 Å². The molecule has 0 heterocycles. The molecule has 0 aliphatic carbocycles. The van der Waals surface area contributed by atoms with Gasteiger partial charge in [0.2, 0.25) is 0 Å². The zero-order valence-corrected chi connectivity index (χ0v) is 17.6. The second-order valence-corrected chi connectivity index (χ2v) is 5.81. The Morgan fingerprint density at radius 2 is 2.00 bits per heavy atom. The number of ether oxygens (including phenoxy) is 2. The molecule has 1 aromatic rings. The van der Waals surface area contributed by atoms with Gasteiger partial charge in [-0.05, 0) is 30.5 Å². The highest BCUT2D eigenvalue weighted by atomic mass is 127. The lowest BCUT2D eigenvalue weighted by Gasteiger charge is -2.13. The van der Waals surface area contributed by atoms with Gasteiger partial charge in [0.15, 0.2) is 5.96 Å². The summed E-state index contributed by atoms with van der Waals surface area (Å²) in [6.45, 7) is 10.2. The Balaban J connectivity index is 0.00000529. The molecule has 6 heteroatoms. The van der Waals surface area contributed by atoms with E-state index < -0.39 is 0 Å². The van der Waals surface area contributed by atoms with Crippen LogP contribution in [0.25, 0.3) is 0 Å². The van der Waals surface area contributed by atoms with Crippen LogP contribution in [-0.2, 0) is 11.3 Å². The maximum Gasteiger partial charge on any atom is 0.191 e. The number of nitrogens with zero attached hydrogens (tertiary/aromatic N) is 1. The van der Waals surface area contributed by atoms with Crippen molar-refractivity contribution in [2.75, 3.05) is 33.4 Å². The minimum absolute atomic E-state index is 0. The molecule has 5 nitrogen and oxygen atoms in total. The topological polar surface area (TPSA) is 54.9 Å². The van der Waals surface area contributed by atoms with E-state index >= 15 is 0 Å². The summed E-state index contributed by atoms with van der Waals surface area (Å²) in [6, 6.07) is 8.09. The fourth-order valence-corrected chi connectivity index (χ4v) is 1.94. The number of benzene rings is 1. The Hall–Kier alpha value is -1.02. The maximum absolute atomic E-state index is 5.72. The largest absolute Gasteiger partial charge is 0.493 e. The summed E-state index contributed by atoms with van der Waals surface area (Å²) in [5.74, 6) is 2.32. The van der Waals surface area contributed by atoms with E-state index in [1.54, 1.807) is 7.11 Å². The third-order valence-corrected chi connectivity index (χ3v) is 3.10. The molecule has 138 valence electrons. The van der Waals surface area contributed by atoms with Crippen LogP contribution in [0.5, 0.6) is 5.75 Å². The van der Waals surface area contributed by atoms with E-state index in [0.29, 0.717) is 19.1 Å². The van der Waals surface area contributed by atoms with Crippen LogP contribution in [0.1, 0.15) is 32.8 Å². The molecule has 0 saturated heterocycles. The molecular formula is C18H32IN3O2. The first kappa shape index (κ1) is 23.0. The number of nitrogens with one attached hydrogen (secondary N) is 2. The van der Waals surface area contributed by atoms with Gasteiger partial charge in [-0.3, -0.25) is 0 Å². The number of guanidine groups is 1. The number of aliphatic imine (C=N–C) groups is 1. The van der Waals surface area contributed by atoms with Gasteiger partial charge in [0.25, 0.3) is 0 Å². The first-order chi connectivity index (χ1) is 11.2. The first-order valence-electron chi connectivity index (χ1n) is 8.38. The van der Waals surface area contributed by atoms with Crippen molar-refractivity contribution in [1.82, 2.24) is 10.6 Å². The normalized spacial score (nSPS) is 11.1. The SMILES string of the molecule is CCNC(=NCc1cccc(OCCCOC)c1)NCC(C)C.I. The highest BCUT2D eigenvalue weighted by Gasteiger charge is 2.01. The van der Waals surface area contributed by atoms with Gasteiger partial charge < -0.3 is 20.1 Å². The third kappa shape index (κ3) is 10.7. The predicted molar refractivity (Wildman–Crippen MR) is 112 cm³/mol. The maximum atomic E-state index is 5.72. The molecule has 0 aliphatic heterocycles. The van der Waals surface area contributed by atoms with E-state index in [0.717, 1.165) is 43.4 Å². The van der Waals surface area contributed by atoms with Crippen molar-refractivity contribution in [3.05, 3.63) is 29.8 Å². The Morgan fingerprint density at radius 3 is 2.67 bits per heavy atom. The zero-order chi connectivity index (χ0) is 16.9. The van der Waals surface area contributed by atoms with E-state index in [9.17, 15) is 0 Å². The minimum Gasteiger partial charge on any atom is -0.493 e. The fourth-order valence-electron chi connectivity index (χ4n) is 1.94. The van der Waals surface area contributed by atoms with Crippen LogP contribution in [0.4, 0.5) is 0 Å². The molecule has 0 fully saturated rings. The summed E-state index contributed by atoms with van der Waals surface area (Å²) in [7, 11) is 1.70. The summed E-state index contributed by atoms with van der Waals surface area (Å²) >= 11 is 0. The van der Waals surface area contributed by atoms with E-state index in [1.165, 1.54) is 0 Å². The number of hydrogen-bond acceptors (Lipinski definition) is 3. The van der Waals surface area contributed by atoms with E-state index in [4.69, 9.17) is 9.47 Å². The van der Waals surface area contributed by atoms with Crippen molar-refractivity contribution < 1.29 is 9.47 Å². The molecule has 24 heavy (non-hydrogen) atoms. The quantitative estimate of drug-likeness (QED) is 0.249. The van der Waals surface area contributed by atoms with Crippen molar-refractivity contribution in [2.24, 2.45) is 10.9 Å². The summed E-state index contributed by atoms with van der Waals surface area (Å²) < 4.78 is 10.7. The molecule has 0 saturated carbocycles. The van der Waals surface area contributed by atoms with E-state index in [1.807, 2.05) is 18.2 Å². The number of rotatable bonds is 10.